The number of alkyl halides is 3. The molecular formula is C18H31F3N2O. The lowest BCUT2D eigenvalue weighted by molar-refractivity contribution is -0.139. The first kappa shape index (κ1) is 20.8. The third-order valence-electron chi connectivity index (χ3n) is 4.62. The summed E-state index contributed by atoms with van der Waals surface area (Å²) in [5.41, 5.74) is -1.24. The van der Waals surface area contributed by atoms with Crippen LogP contribution in [-0.2, 0) is 11.7 Å². The second-order valence-corrected chi connectivity index (χ2v) is 6.74. The third-order valence-corrected chi connectivity index (χ3v) is 4.62. The normalized spacial score (nSPS) is 14.6. The second kappa shape index (κ2) is 9.33. The number of rotatable bonds is 11. The van der Waals surface area contributed by atoms with Gasteiger partial charge in [-0.1, -0.05) is 58.8 Å². The van der Waals surface area contributed by atoms with Gasteiger partial charge in [-0.2, -0.15) is 18.3 Å². The van der Waals surface area contributed by atoms with Crippen molar-refractivity contribution in [1.82, 2.24) is 9.78 Å². The molecule has 0 saturated carbocycles. The average molecular weight is 348 g/mol. The predicted octanol–water partition coefficient (Wildman–Crippen LogP) is 6.18. The number of hydrogen-bond donors (Lipinski definition) is 0. The maximum atomic E-state index is 13.1. The van der Waals surface area contributed by atoms with Gasteiger partial charge in [0.15, 0.2) is 0 Å². The molecule has 0 aromatic carbocycles. The van der Waals surface area contributed by atoms with E-state index in [0.29, 0.717) is 0 Å². The zero-order valence-electron chi connectivity index (χ0n) is 15.4. The van der Waals surface area contributed by atoms with Crippen LogP contribution in [0.15, 0.2) is 6.20 Å². The fourth-order valence-electron chi connectivity index (χ4n) is 3.12. The Morgan fingerprint density at radius 3 is 2.12 bits per heavy atom. The molecule has 1 atom stereocenters. The summed E-state index contributed by atoms with van der Waals surface area (Å²) in [5, 5.41) is 4.07. The smallest absolute Gasteiger partial charge is 0.423 e. The summed E-state index contributed by atoms with van der Waals surface area (Å²) in [6.45, 7) is 6.25. The van der Waals surface area contributed by atoms with Crippen molar-refractivity contribution in [3.8, 4) is 5.88 Å². The lowest BCUT2D eigenvalue weighted by Gasteiger charge is -2.32. The summed E-state index contributed by atoms with van der Waals surface area (Å²) >= 11 is 0. The molecule has 1 aromatic heterocycles. The summed E-state index contributed by atoms with van der Waals surface area (Å²) < 4.78 is 46.0. The summed E-state index contributed by atoms with van der Waals surface area (Å²) in [6.07, 6.45) is 5.65. The molecule has 6 heteroatoms. The van der Waals surface area contributed by atoms with E-state index in [-0.39, 0.29) is 5.88 Å². The standard InChI is InChI=1S/C18H31F3N2O/c1-5-7-9-10-11-13-17(3,12-8-6-2)23-16(24-4)15(14-22-23)18(19,20)21/h14H,5-13H2,1-4H3. The minimum absolute atomic E-state index is 0.172. The zero-order chi connectivity index (χ0) is 18.2. The number of hydrogen-bond acceptors (Lipinski definition) is 2. The number of aromatic nitrogens is 2. The van der Waals surface area contributed by atoms with Crippen LogP contribution in [0.4, 0.5) is 13.2 Å². The largest absolute Gasteiger partial charge is 0.481 e. The van der Waals surface area contributed by atoms with Crippen molar-refractivity contribution in [1.29, 1.82) is 0 Å². The summed E-state index contributed by atoms with van der Waals surface area (Å²) in [4.78, 5) is 0. The molecule has 0 aliphatic heterocycles. The lowest BCUT2D eigenvalue weighted by Crippen LogP contribution is -2.32. The molecule has 1 heterocycles. The van der Waals surface area contributed by atoms with Gasteiger partial charge in [-0.3, -0.25) is 0 Å². The molecule has 24 heavy (non-hydrogen) atoms. The number of methoxy groups -OCH3 is 1. The van der Waals surface area contributed by atoms with Crippen LogP contribution in [-0.4, -0.2) is 16.9 Å². The highest BCUT2D eigenvalue weighted by molar-refractivity contribution is 5.28. The molecule has 1 aromatic rings. The van der Waals surface area contributed by atoms with E-state index in [9.17, 15) is 13.2 Å². The zero-order valence-corrected chi connectivity index (χ0v) is 15.4. The van der Waals surface area contributed by atoms with Gasteiger partial charge in [0.05, 0.1) is 18.8 Å². The summed E-state index contributed by atoms with van der Waals surface area (Å²) in [7, 11) is 1.28. The van der Waals surface area contributed by atoms with Crippen LogP contribution in [0.1, 0.15) is 84.1 Å². The molecule has 0 saturated heterocycles. The molecule has 0 radical (unpaired) electrons. The van der Waals surface area contributed by atoms with Crippen molar-refractivity contribution in [3.05, 3.63) is 11.8 Å². The van der Waals surface area contributed by atoms with Crippen LogP contribution in [0.5, 0.6) is 5.88 Å². The molecule has 0 aliphatic rings. The van der Waals surface area contributed by atoms with Crippen molar-refractivity contribution < 1.29 is 17.9 Å². The highest BCUT2D eigenvalue weighted by Crippen LogP contribution is 2.40. The minimum atomic E-state index is -4.45. The SMILES string of the molecule is CCCCCCCC(C)(CCCC)n1ncc(C(F)(F)F)c1OC. The minimum Gasteiger partial charge on any atom is -0.481 e. The fraction of sp³-hybridized carbons (Fsp3) is 0.833. The van der Waals surface area contributed by atoms with Gasteiger partial charge in [0, 0.05) is 0 Å². The molecule has 3 nitrogen and oxygen atoms in total. The molecule has 0 amide bonds. The highest BCUT2D eigenvalue weighted by Gasteiger charge is 2.40. The van der Waals surface area contributed by atoms with Crippen molar-refractivity contribution in [2.24, 2.45) is 0 Å². The van der Waals surface area contributed by atoms with Gasteiger partial charge < -0.3 is 4.74 Å². The maximum absolute atomic E-state index is 13.1. The quantitative estimate of drug-likeness (QED) is 0.447. The highest BCUT2D eigenvalue weighted by atomic mass is 19.4. The van der Waals surface area contributed by atoms with Crippen LogP contribution in [0, 0.1) is 0 Å². The Kier molecular flexibility index (Phi) is 8.10. The number of unbranched alkanes of at least 4 members (excludes halogenated alkanes) is 5. The van der Waals surface area contributed by atoms with Crippen molar-refractivity contribution in [2.75, 3.05) is 7.11 Å². The second-order valence-electron chi connectivity index (χ2n) is 6.74. The van der Waals surface area contributed by atoms with Crippen molar-refractivity contribution >= 4 is 0 Å². The summed E-state index contributed by atoms with van der Waals surface area (Å²) in [6, 6.07) is 0. The number of halogens is 3. The maximum Gasteiger partial charge on any atom is 0.423 e. The first-order chi connectivity index (χ1) is 11.3. The fourth-order valence-corrected chi connectivity index (χ4v) is 3.12. The van der Waals surface area contributed by atoms with Crippen molar-refractivity contribution in [3.63, 3.8) is 0 Å². The van der Waals surface area contributed by atoms with E-state index in [1.807, 2.05) is 6.92 Å². The lowest BCUT2D eigenvalue weighted by atomic mass is 9.88. The molecule has 0 N–H and O–H groups in total. The van der Waals surface area contributed by atoms with Gasteiger partial charge in [-0.15, -0.1) is 0 Å². The van der Waals surface area contributed by atoms with Crippen molar-refractivity contribution in [2.45, 2.75) is 90.3 Å². The van der Waals surface area contributed by atoms with Gasteiger partial charge in [-0.05, 0) is 19.8 Å². The Labute approximate surface area is 143 Å². The number of nitrogens with zero attached hydrogens (tertiary/aromatic N) is 2. The first-order valence-electron chi connectivity index (χ1n) is 8.99. The Bertz CT molecular complexity index is 485. The Morgan fingerprint density at radius 1 is 1.00 bits per heavy atom. The average Bonchev–Trinajstić information content (AvgIpc) is 2.97. The van der Waals surface area contributed by atoms with Gasteiger partial charge in [-0.25, -0.2) is 4.68 Å². The van der Waals surface area contributed by atoms with Gasteiger partial charge >= 0.3 is 6.18 Å². The first-order valence-corrected chi connectivity index (χ1v) is 8.99. The van der Waals surface area contributed by atoms with Gasteiger partial charge in [0.1, 0.15) is 5.56 Å². The Morgan fingerprint density at radius 2 is 1.58 bits per heavy atom. The molecule has 0 aliphatic carbocycles. The van der Waals surface area contributed by atoms with Crippen LogP contribution in [0.25, 0.3) is 0 Å². The molecule has 0 spiro atoms. The molecule has 140 valence electrons. The Hall–Kier alpha value is -1.20. The monoisotopic (exact) mass is 348 g/mol. The van der Waals surface area contributed by atoms with Gasteiger partial charge in [0.2, 0.25) is 5.88 Å². The predicted molar refractivity (Wildman–Crippen MR) is 90.3 cm³/mol. The summed E-state index contributed by atoms with van der Waals surface area (Å²) in [5.74, 6) is -0.172. The third kappa shape index (κ3) is 5.42. The van der Waals surface area contributed by atoms with E-state index in [2.05, 4.69) is 18.9 Å². The van der Waals surface area contributed by atoms with E-state index in [4.69, 9.17) is 4.74 Å². The molecule has 1 unspecified atom stereocenters. The topological polar surface area (TPSA) is 27.1 Å². The van der Waals surface area contributed by atoms with Crippen LogP contribution < -0.4 is 4.74 Å². The molecule has 0 fully saturated rings. The van der Waals surface area contributed by atoms with Gasteiger partial charge in [0.25, 0.3) is 0 Å². The van der Waals surface area contributed by atoms with Crippen LogP contribution >= 0.6 is 0 Å². The molecular weight excluding hydrogens is 317 g/mol. The van der Waals surface area contributed by atoms with E-state index in [1.54, 1.807) is 0 Å². The van der Waals surface area contributed by atoms with Crippen LogP contribution in [0.3, 0.4) is 0 Å². The van der Waals surface area contributed by atoms with E-state index in [0.717, 1.165) is 44.7 Å². The van der Waals surface area contributed by atoms with Crippen LogP contribution in [0.2, 0.25) is 0 Å². The van der Waals surface area contributed by atoms with E-state index >= 15 is 0 Å². The van der Waals surface area contributed by atoms with E-state index < -0.39 is 17.3 Å². The Balaban J connectivity index is 3.00. The molecule has 1 rings (SSSR count). The molecule has 0 bridgehead atoms. The van der Waals surface area contributed by atoms with E-state index in [1.165, 1.54) is 31.1 Å². The number of ether oxygens (including phenoxy) is 1.